The van der Waals surface area contributed by atoms with Gasteiger partial charge in [-0.15, -0.1) is 24.8 Å². The topological polar surface area (TPSA) is 68.7 Å². The third kappa shape index (κ3) is 5.54. The fourth-order valence-corrected chi connectivity index (χ4v) is 4.86. The monoisotopic (exact) mass is 512 g/mol. The van der Waals surface area contributed by atoms with Gasteiger partial charge in [0.2, 0.25) is 0 Å². The molecule has 0 bridgehead atoms. The van der Waals surface area contributed by atoms with Gasteiger partial charge in [0.15, 0.2) is 0 Å². The Kier molecular flexibility index (Phi) is 8.62. The highest BCUT2D eigenvalue weighted by Crippen LogP contribution is 2.38. The summed E-state index contributed by atoms with van der Waals surface area (Å²) in [5.74, 6) is 0. The number of hydrogen-bond acceptors (Lipinski definition) is 5. The van der Waals surface area contributed by atoms with E-state index in [0.717, 1.165) is 66.1 Å². The summed E-state index contributed by atoms with van der Waals surface area (Å²) in [7, 11) is 0. The molecule has 1 aliphatic rings. The van der Waals surface area contributed by atoms with Crippen LogP contribution in [-0.4, -0.2) is 31.2 Å². The summed E-state index contributed by atoms with van der Waals surface area (Å²) in [6, 6.07) is 19.9. The molecule has 2 heterocycles. The summed E-state index contributed by atoms with van der Waals surface area (Å²) in [4.78, 5) is 14.8. The summed E-state index contributed by atoms with van der Waals surface area (Å²) in [5.41, 5.74) is 14.5. The van der Waals surface area contributed by atoms with E-state index < -0.39 is 0 Å². The number of rotatable bonds is 4. The minimum atomic E-state index is -0.362. The molecule has 4 aromatic rings. The molecule has 1 aromatic heterocycles. The van der Waals surface area contributed by atoms with Crippen LogP contribution < -0.4 is 11.4 Å². The summed E-state index contributed by atoms with van der Waals surface area (Å²) in [5, 5.41) is 0.943. The highest BCUT2D eigenvalue weighted by Gasteiger charge is 2.17. The number of nitrogens with two attached hydrogens (primary N) is 1. The van der Waals surface area contributed by atoms with Gasteiger partial charge in [0.25, 0.3) is 0 Å². The normalized spacial score (nSPS) is 13.8. The highest BCUT2D eigenvalue weighted by molar-refractivity contribution is 6.00. The Labute approximate surface area is 217 Å². The van der Waals surface area contributed by atoms with Gasteiger partial charge in [-0.05, 0) is 65.4 Å². The van der Waals surface area contributed by atoms with Crippen LogP contribution in [0.5, 0.6) is 0 Å². The van der Waals surface area contributed by atoms with Crippen molar-refractivity contribution in [2.75, 3.05) is 32.0 Å². The molecule has 0 aliphatic carbocycles. The SMILES string of the molecule is Cc1cc2oc(=O)cc(-c3cccc(N)c3)c2c(C)c1-c1ccc(CN2CCOCC2)cc1.Cl.Cl. The molecule has 184 valence electrons. The fourth-order valence-electron chi connectivity index (χ4n) is 4.86. The van der Waals surface area contributed by atoms with E-state index in [4.69, 9.17) is 14.9 Å². The zero-order chi connectivity index (χ0) is 22.9. The Morgan fingerprint density at radius 3 is 2.31 bits per heavy atom. The average Bonchev–Trinajstić information content (AvgIpc) is 2.80. The number of fused-ring (bicyclic) bond motifs is 1. The van der Waals surface area contributed by atoms with Crippen molar-refractivity contribution >= 4 is 41.5 Å². The van der Waals surface area contributed by atoms with Gasteiger partial charge < -0.3 is 14.9 Å². The number of morpholine rings is 1. The molecule has 1 fully saturated rings. The van der Waals surface area contributed by atoms with E-state index in [0.29, 0.717) is 11.3 Å². The van der Waals surface area contributed by atoms with Crippen molar-refractivity contribution in [3.63, 3.8) is 0 Å². The summed E-state index contributed by atoms with van der Waals surface area (Å²) < 4.78 is 11.1. The summed E-state index contributed by atoms with van der Waals surface area (Å²) in [6.45, 7) is 8.66. The first-order chi connectivity index (χ1) is 16.0. The molecular formula is C28H30Cl2N2O3. The molecule has 0 radical (unpaired) electrons. The van der Waals surface area contributed by atoms with Crippen LogP contribution in [0.1, 0.15) is 16.7 Å². The lowest BCUT2D eigenvalue weighted by Crippen LogP contribution is -2.35. The Morgan fingerprint density at radius 2 is 1.63 bits per heavy atom. The van der Waals surface area contributed by atoms with Crippen molar-refractivity contribution in [2.24, 2.45) is 0 Å². The number of benzene rings is 3. The number of halogens is 2. The van der Waals surface area contributed by atoms with E-state index in [9.17, 15) is 4.79 Å². The van der Waals surface area contributed by atoms with Crippen LogP contribution in [-0.2, 0) is 11.3 Å². The second-order valence-corrected chi connectivity index (χ2v) is 8.76. The maximum Gasteiger partial charge on any atom is 0.336 e. The predicted molar refractivity (Wildman–Crippen MR) is 148 cm³/mol. The molecular weight excluding hydrogens is 483 g/mol. The quantitative estimate of drug-likeness (QED) is 0.268. The van der Waals surface area contributed by atoms with Crippen LogP contribution in [0.3, 0.4) is 0 Å². The molecule has 0 atom stereocenters. The third-order valence-electron chi connectivity index (χ3n) is 6.43. The van der Waals surface area contributed by atoms with E-state index >= 15 is 0 Å². The lowest BCUT2D eigenvalue weighted by Gasteiger charge is -2.26. The first kappa shape index (κ1) is 26.8. The van der Waals surface area contributed by atoms with Gasteiger partial charge in [0, 0.05) is 42.3 Å². The molecule has 35 heavy (non-hydrogen) atoms. The summed E-state index contributed by atoms with van der Waals surface area (Å²) >= 11 is 0. The Morgan fingerprint density at radius 1 is 0.914 bits per heavy atom. The van der Waals surface area contributed by atoms with Gasteiger partial charge in [-0.1, -0.05) is 36.4 Å². The molecule has 3 aromatic carbocycles. The average molecular weight is 513 g/mol. The van der Waals surface area contributed by atoms with Crippen molar-refractivity contribution in [2.45, 2.75) is 20.4 Å². The largest absolute Gasteiger partial charge is 0.423 e. The zero-order valence-corrected chi connectivity index (χ0v) is 21.5. The lowest BCUT2D eigenvalue weighted by molar-refractivity contribution is 0.0342. The van der Waals surface area contributed by atoms with Gasteiger partial charge in [-0.2, -0.15) is 0 Å². The molecule has 0 amide bonds. The van der Waals surface area contributed by atoms with Crippen molar-refractivity contribution < 1.29 is 9.15 Å². The molecule has 5 nitrogen and oxygen atoms in total. The first-order valence-electron chi connectivity index (χ1n) is 11.3. The number of aryl methyl sites for hydroxylation is 2. The van der Waals surface area contributed by atoms with E-state index in [1.165, 1.54) is 11.1 Å². The predicted octanol–water partition coefficient (Wildman–Crippen LogP) is 6.00. The van der Waals surface area contributed by atoms with E-state index in [-0.39, 0.29) is 30.4 Å². The van der Waals surface area contributed by atoms with E-state index in [1.54, 1.807) is 6.07 Å². The minimum absolute atomic E-state index is 0. The second kappa shape index (κ2) is 11.3. The molecule has 5 rings (SSSR count). The van der Waals surface area contributed by atoms with Gasteiger partial charge >= 0.3 is 5.63 Å². The molecule has 0 spiro atoms. The molecule has 0 saturated carbocycles. The van der Waals surface area contributed by atoms with E-state index in [1.807, 2.05) is 30.3 Å². The van der Waals surface area contributed by atoms with Crippen LogP contribution in [0, 0.1) is 13.8 Å². The Bertz CT molecular complexity index is 1380. The molecule has 0 unspecified atom stereocenters. The van der Waals surface area contributed by atoms with E-state index in [2.05, 4.69) is 43.0 Å². The minimum Gasteiger partial charge on any atom is -0.423 e. The van der Waals surface area contributed by atoms with Crippen molar-refractivity contribution in [3.05, 3.63) is 87.8 Å². The number of anilines is 1. The Hall–Kier alpha value is -2.83. The van der Waals surface area contributed by atoms with Crippen LogP contribution >= 0.6 is 24.8 Å². The first-order valence-corrected chi connectivity index (χ1v) is 11.3. The van der Waals surface area contributed by atoms with Crippen LogP contribution in [0.25, 0.3) is 33.2 Å². The Balaban J connectivity index is 0.00000171. The maximum atomic E-state index is 12.3. The second-order valence-electron chi connectivity index (χ2n) is 8.76. The molecule has 2 N–H and O–H groups in total. The van der Waals surface area contributed by atoms with Crippen molar-refractivity contribution in [1.29, 1.82) is 0 Å². The number of ether oxygens (including phenoxy) is 1. The molecule has 7 heteroatoms. The van der Waals surface area contributed by atoms with Gasteiger partial charge in [0.05, 0.1) is 13.2 Å². The lowest BCUT2D eigenvalue weighted by atomic mass is 9.89. The maximum absolute atomic E-state index is 12.3. The number of nitrogens with zero attached hydrogens (tertiary/aromatic N) is 1. The number of hydrogen-bond donors (Lipinski definition) is 1. The van der Waals surface area contributed by atoms with Gasteiger partial charge in [-0.3, -0.25) is 4.90 Å². The van der Waals surface area contributed by atoms with Gasteiger partial charge in [0.1, 0.15) is 5.58 Å². The number of nitrogen functional groups attached to an aromatic ring is 1. The van der Waals surface area contributed by atoms with Crippen molar-refractivity contribution in [3.8, 4) is 22.3 Å². The van der Waals surface area contributed by atoms with Gasteiger partial charge in [-0.25, -0.2) is 4.79 Å². The standard InChI is InChI=1S/C28H28N2O3.2ClH/c1-18-14-25-28(24(16-26(31)33-25)22-4-3-5-23(29)15-22)19(2)27(18)21-8-6-20(7-9-21)17-30-10-12-32-13-11-30;;/h3-9,14-16H,10-13,17,29H2,1-2H3;2*1H. The molecule has 1 saturated heterocycles. The van der Waals surface area contributed by atoms with Crippen LogP contribution in [0.2, 0.25) is 0 Å². The molecule has 1 aliphatic heterocycles. The smallest absolute Gasteiger partial charge is 0.336 e. The highest BCUT2D eigenvalue weighted by atomic mass is 35.5. The fraction of sp³-hybridized carbons (Fsp3) is 0.250. The summed E-state index contributed by atoms with van der Waals surface area (Å²) in [6.07, 6.45) is 0. The third-order valence-corrected chi connectivity index (χ3v) is 6.43. The van der Waals surface area contributed by atoms with Crippen molar-refractivity contribution in [1.82, 2.24) is 4.90 Å². The van der Waals surface area contributed by atoms with Crippen LogP contribution in [0.15, 0.2) is 69.9 Å². The van der Waals surface area contributed by atoms with Crippen LogP contribution in [0.4, 0.5) is 5.69 Å². The zero-order valence-electron chi connectivity index (χ0n) is 19.9.